The molecule has 0 aliphatic carbocycles. The van der Waals surface area contributed by atoms with Crippen LogP contribution in [0.25, 0.3) is 27.9 Å². The van der Waals surface area contributed by atoms with Crippen molar-refractivity contribution in [3.63, 3.8) is 0 Å². The SMILES string of the molecule is Cc1cn2cc(-c3cc4ccc(CCCNCc5ccsc5)cc4oc3=O)nc2c(C)n1. The lowest BCUT2D eigenvalue weighted by atomic mass is 10.1. The van der Waals surface area contributed by atoms with Crippen LogP contribution >= 0.6 is 11.3 Å². The molecule has 32 heavy (non-hydrogen) atoms. The molecule has 0 bridgehead atoms. The van der Waals surface area contributed by atoms with Crippen LogP contribution in [0.15, 0.2) is 62.7 Å². The number of rotatable bonds is 7. The molecule has 0 aliphatic heterocycles. The number of nitrogens with one attached hydrogen (secondary N) is 1. The molecule has 162 valence electrons. The minimum absolute atomic E-state index is 0.377. The third kappa shape index (κ3) is 4.22. The molecular weight excluding hydrogens is 420 g/mol. The van der Waals surface area contributed by atoms with Crippen molar-refractivity contribution in [2.24, 2.45) is 0 Å². The van der Waals surface area contributed by atoms with E-state index in [4.69, 9.17) is 4.42 Å². The van der Waals surface area contributed by atoms with Gasteiger partial charge in [-0.3, -0.25) is 4.98 Å². The molecule has 5 rings (SSSR count). The van der Waals surface area contributed by atoms with E-state index in [1.165, 1.54) is 5.56 Å². The Balaban J connectivity index is 1.33. The molecule has 0 fully saturated rings. The summed E-state index contributed by atoms with van der Waals surface area (Å²) in [6, 6.07) is 10.1. The molecule has 1 aromatic carbocycles. The number of aromatic nitrogens is 3. The first-order chi connectivity index (χ1) is 15.6. The average Bonchev–Trinajstić information content (AvgIpc) is 3.43. The fourth-order valence-electron chi connectivity index (χ4n) is 3.97. The van der Waals surface area contributed by atoms with E-state index < -0.39 is 0 Å². The normalized spacial score (nSPS) is 11.6. The van der Waals surface area contributed by atoms with Crippen LogP contribution < -0.4 is 10.9 Å². The number of fused-ring (bicyclic) bond motifs is 2. The summed E-state index contributed by atoms with van der Waals surface area (Å²) in [5, 5.41) is 8.62. The zero-order chi connectivity index (χ0) is 22.1. The van der Waals surface area contributed by atoms with Crippen LogP contribution in [0.4, 0.5) is 0 Å². The Hall–Kier alpha value is -3.29. The second-order valence-electron chi connectivity index (χ2n) is 8.06. The van der Waals surface area contributed by atoms with Gasteiger partial charge < -0.3 is 14.1 Å². The first-order valence-corrected chi connectivity index (χ1v) is 11.6. The molecule has 0 aliphatic rings. The van der Waals surface area contributed by atoms with E-state index >= 15 is 0 Å². The maximum atomic E-state index is 12.7. The molecule has 0 saturated heterocycles. The van der Waals surface area contributed by atoms with Crippen LogP contribution in [0.1, 0.15) is 28.9 Å². The van der Waals surface area contributed by atoms with Gasteiger partial charge >= 0.3 is 5.63 Å². The van der Waals surface area contributed by atoms with Gasteiger partial charge in [0.25, 0.3) is 0 Å². The highest BCUT2D eigenvalue weighted by Gasteiger charge is 2.13. The molecule has 0 unspecified atom stereocenters. The lowest BCUT2D eigenvalue weighted by Crippen LogP contribution is -2.14. The Morgan fingerprint density at radius 3 is 2.84 bits per heavy atom. The van der Waals surface area contributed by atoms with Crippen molar-refractivity contribution in [1.29, 1.82) is 0 Å². The van der Waals surface area contributed by atoms with E-state index in [1.54, 1.807) is 11.3 Å². The summed E-state index contributed by atoms with van der Waals surface area (Å²) >= 11 is 1.72. The lowest BCUT2D eigenvalue weighted by Gasteiger charge is -2.06. The molecule has 0 amide bonds. The fraction of sp³-hybridized carbons (Fsp3) is 0.240. The van der Waals surface area contributed by atoms with Crippen LogP contribution in [-0.4, -0.2) is 20.9 Å². The standard InChI is InChI=1S/C25H24N4O2S/c1-16-13-29-14-22(28-24(29)17(2)27-16)21-11-20-6-5-18(10-23(20)31-25(21)30)4-3-8-26-12-19-7-9-32-15-19/h5-7,9-11,13-15,26H,3-4,8,12H2,1-2H3. The molecular formula is C25H24N4O2S. The Morgan fingerprint density at radius 1 is 1.09 bits per heavy atom. The van der Waals surface area contributed by atoms with Crippen molar-refractivity contribution in [1.82, 2.24) is 19.7 Å². The van der Waals surface area contributed by atoms with E-state index in [2.05, 4.69) is 38.2 Å². The summed E-state index contributed by atoms with van der Waals surface area (Å²) < 4.78 is 7.59. The van der Waals surface area contributed by atoms with Gasteiger partial charge in [-0.1, -0.05) is 12.1 Å². The Bertz CT molecular complexity index is 1450. The number of imidazole rings is 1. The molecule has 1 N–H and O–H groups in total. The third-order valence-electron chi connectivity index (χ3n) is 5.53. The van der Waals surface area contributed by atoms with Crippen molar-refractivity contribution < 1.29 is 4.42 Å². The smallest absolute Gasteiger partial charge is 0.345 e. The Kier molecular flexibility index (Phi) is 5.59. The van der Waals surface area contributed by atoms with Crippen LogP contribution in [0.2, 0.25) is 0 Å². The highest BCUT2D eigenvalue weighted by Crippen LogP contribution is 2.23. The van der Waals surface area contributed by atoms with Crippen molar-refractivity contribution in [2.45, 2.75) is 33.2 Å². The minimum atomic E-state index is -0.377. The molecule has 6 nitrogen and oxygen atoms in total. The topological polar surface area (TPSA) is 72.4 Å². The van der Waals surface area contributed by atoms with Gasteiger partial charge in [0.1, 0.15) is 5.58 Å². The molecule has 0 atom stereocenters. The second-order valence-corrected chi connectivity index (χ2v) is 8.84. The van der Waals surface area contributed by atoms with Gasteiger partial charge in [-0.15, -0.1) is 0 Å². The van der Waals surface area contributed by atoms with Gasteiger partial charge in [-0.25, -0.2) is 9.78 Å². The van der Waals surface area contributed by atoms with E-state index in [1.807, 2.05) is 48.8 Å². The quantitative estimate of drug-likeness (QED) is 0.285. The predicted molar refractivity (Wildman–Crippen MR) is 128 cm³/mol. The van der Waals surface area contributed by atoms with Gasteiger partial charge in [0.2, 0.25) is 0 Å². The number of hydrogen-bond donors (Lipinski definition) is 1. The Labute approximate surface area is 189 Å². The zero-order valence-electron chi connectivity index (χ0n) is 18.1. The highest BCUT2D eigenvalue weighted by molar-refractivity contribution is 7.07. The van der Waals surface area contributed by atoms with E-state index in [0.717, 1.165) is 53.9 Å². The first kappa shape index (κ1) is 20.6. The van der Waals surface area contributed by atoms with Gasteiger partial charge in [0, 0.05) is 24.3 Å². The monoisotopic (exact) mass is 444 g/mol. The Morgan fingerprint density at radius 2 is 2.00 bits per heavy atom. The number of hydrogen-bond acceptors (Lipinski definition) is 6. The number of nitrogens with zero attached hydrogens (tertiary/aromatic N) is 3. The number of aryl methyl sites for hydroxylation is 3. The summed E-state index contributed by atoms with van der Waals surface area (Å²) in [6.45, 7) is 5.70. The molecule has 5 aromatic rings. The molecule has 0 spiro atoms. The summed E-state index contributed by atoms with van der Waals surface area (Å²) in [6.07, 6.45) is 5.71. The van der Waals surface area contributed by atoms with Crippen LogP contribution in [0.3, 0.4) is 0 Å². The largest absolute Gasteiger partial charge is 0.422 e. The maximum Gasteiger partial charge on any atom is 0.345 e. The highest BCUT2D eigenvalue weighted by atomic mass is 32.1. The number of benzene rings is 1. The summed E-state index contributed by atoms with van der Waals surface area (Å²) in [5.41, 5.74) is 6.25. The van der Waals surface area contributed by atoms with E-state index in [9.17, 15) is 4.79 Å². The van der Waals surface area contributed by atoms with Gasteiger partial charge in [-0.05, 0) is 73.3 Å². The van der Waals surface area contributed by atoms with Crippen molar-refractivity contribution in [3.05, 3.63) is 86.4 Å². The first-order valence-electron chi connectivity index (χ1n) is 10.7. The molecule has 0 radical (unpaired) electrons. The maximum absolute atomic E-state index is 12.7. The minimum Gasteiger partial charge on any atom is -0.422 e. The molecule has 4 heterocycles. The fourth-order valence-corrected chi connectivity index (χ4v) is 4.64. The molecule has 4 aromatic heterocycles. The van der Waals surface area contributed by atoms with Crippen molar-refractivity contribution in [3.8, 4) is 11.3 Å². The average molecular weight is 445 g/mol. The van der Waals surface area contributed by atoms with Crippen LogP contribution in [0, 0.1) is 13.8 Å². The van der Waals surface area contributed by atoms with Crippen molar-refractivity contribution >= 4 is 28.0 Å². The van der Waals surface area contributed by atoms with Crippen LogP contribution in [-0.2, 0) is 13.0 Å². The third-order valence-corrected chi connectivity index (χ3v) is 6.26. The second kappa shape index (κ2) is 8.68. The summed E-state index contributed by atoms with van der Waals surface area (Å²) in [7, 11) is 0. The molecule has 7 heteroatoms. The molecule has 0 saturated carbocycles. The number of thiophene rings is 1. The van der Waals surface area contributed by atoms with Gasteiger partial charge in [0.15, 0.2) is 5.65 Å². The summed E-state index contributed by atoms with van der Waals surface area (Å²) in [5.74, 6) is 0. The van der Waals surface area contributed by atoms with Gasteiger partial charge in [-0.2, -0.15) is 11.3 Å². The van der Waals surface area contributed by atoms with E-state index in [-0.39, 0.29) is 5.63 Å². The van der Waals surface area contributed by atoms with E-state index in [0.29, 0.717) is 16.8 Å². The summed E-state index contributed by atoms with van der Waals surface area (Å²) in [4.78, 5) is 21.8. The zero-order valence-corrected chi connectivity index (χ0v) is 18.9. The van der Waals surface area contributed by atoms with Crippen LogP contribution in [0.5, 0.6) is 0 Å². The predicted octanol–water partition coefficient (Wildman–Crippen LogP) is 4.90. The van der Waals surface area contributed by atoms with Crippen molar-refractivity contribution in [2.75, 3.05) is 6.54 Å². The van der Waals surface area contributed by atoms with Gasteiger partial charge in [0.05, 0.1) is 22.6 Å². The lowest BCUT2D eigenvalue weighted by molar-refractivity contribution is 0.562.